The molecule has 0 saturated carbocycles. The van der Waals surface area contributed by atoms with Crippen LogP contribution < -0.4 is 40.4 Å². The van der Waals surface area contributed by atoms with Gasteiger partial charge in [0, 0.05) is 18.9 Å². The fourth-order valence-electron chi connectivity index (χ4n) is 3.42. The molecule has 0 aliphatic rings. The van der Waals surface area contributed by atoms with Gasteiger partial charge in [0.2, 0.25) is 0 Å². The van der Waals surface area contributed by atoms with Gasteiger partial charge in [0.15, 0.2) is 0 Å². The first-order chi connectivity index (χ1) is 13.6. The van der Waals surface area contributed by atoms with Gasteiger partial charge in [-0.25, -0.2) is 9.89 Å². The van der Waals surface area contributed by atoms with Crippen LogP contribution in [0.15, 0.2) is 16.9 Å². The van der Waals surface area contributed by atoms with E-state index in [1.165, 1.54) is 51.4 Å². The van der Waals surface area contributed by atoms with E-state index in [0.29, 0.717) is 6.54 Å². The Labute approximate surface area is 197 Å². The molecule has 1 aromatic rings. The largest absolute Gasteiger partial charge is 1.00 e. The summed E-state index contributed by atoms with van der Waals surface area (Å²) in [5, 5.41) is 16.9. The summed E-state index contributed by atoms with van der Waals surface area (Å²) in [6.07, 6.45) is 20.6. The molecule has 0 aliphatic heterocycles. The van der Waals surface area contributed by atoms with Gasteiger partial charge in [-0.15, -0.1) is 0 Å². The second-order valence-corrected chi connectivity index (χ2v) is 7.50. The number of aromatic nitrogens is 3. The normalized spacial score (nSPS) is 11.1. The fourth-order valence-corrected chi connectivity index (χ4v) is 3.42. The van der Waals surface area contributed by atoms with Crippen molar-refractivity contribution in [3.05, 3.63) is 28.5 Å². The summed E-state index contributed by atoms with van der Waals surface area (Å²) in [4.78, 5) is 21.8. The molecule has 0 saturated heterocycles. The molecule has 0 fully saturated rings. The minimum absolute atomic E-state index is 0. The predicted octanol–water partition coefficient (Wildman–Crippen LogP) is 0.905. The summed E-state index contributed by atoms with van der Waals surface area (Å²) < 4.78 is 1.71. The van der Waals surface area contributed by atoms with Crippen molar-refractivity contribution >= 4 is 5.97 Å². The van der Waals surface area contributed by atoms with E-state index in [1.807, 2.05) is 6.92 Å². The van der Waals surface area contributed by atoms with Crippen LogP contribution in [0.25, 0.3) is 0 Å². The van der Waals surface area contributed by atoms with Crippen molar-refractivity contribution in [2.75, 3.05) is 0 Å². The first-order valence-electron chi connectivity index (χ1n) is 11.1. The zero-order valence-electron chi connectivity index (χ0n) is 18.6. The summed E-state index contributed by atoms with van der Waals surface area (Å²) in [6, 6.07) is 0. The molecule has 0 amide bonds. The SMILES string of the molecule is CCn1c(CCCCCCCC/C=C\CCCCCCCC(=O)[O-])n[nH]c1=O.[Na+]. The Hall–Kier alpha value is -0.850. The van der Waals surface area contributed by atoms with Crippen molar-refractivity contribution in [2.24, 2.45) is 0 Å². The van der Waals surface area contributed by atoms with Gasteiger partial charge in [-0.2, -0.15) is 5.10 Å². The predicted molar refractivity (Wildman–Crippen MR) is 111 cm³/mol. The number of aliphatic carboxylic acids is 1. The second kappa shape index (κ2) is 19.1. The molecule has 0 atom stereocenters. The minimum atomic E-state index is -0.930. The van der Waals surface area contributed by atoms with Crippen LogP contribution in [0, 0.1) is 0 Å². The zero-order chi connectivity index (χ0) is 20.5. The molecule has 0 spiro atoms. The number of H-pyrrole nitrogens is 1. The maximum absolute atomic E-state index is 11.5. The number of aromatic amines is 1. The molecule has 0 radical (unpaired) electrons. The summed E-state index contributed by atoms with van der Waals surface area (Å²) in [5.41, 5.74) is -0.0981. The summed E-state index contributed by atoms with van der Waals surface area (Å²) in [5.74, 6) is -0.0456. The number of aryl methyl sites for hydroxylation is 1. The van der Waals surface area contributed by atoms with Crippen molar-refractivity contribution in [2.45, 2.75) is 110 Å². The molecule has 1 N–H and O–H groups in total. The third-order valence-corrected chi connectivity index (χ3v) is 5.09. The Balaban J connectivity index is 0.00000784. The number of nitrogens with zero attached hydrogens (tertiary/aromatic N) is 2. The van der Waals surface area contributed by atoms with E-state index in [4.69, 9.17) is 0 Å². The standard InChI is InChI=1S/C22H39N3O3.Na/c1-2-25-20(23-24-22(25)28)18-16-14-12-10-8-6-4-3-5-7-9-11-13-15-17-19-21(26)27;/h3,5H,2,4,6-19H2,1H3,(H,24,28)(H,26,27);/q;+1/p-1/b5-3-;. The number of hydrogen-bond acceptors (Lipinski definition) is 4. The van der Waals surface area contributed by atoms with E-state index >= 15 is 0 Å². The smallest absolute Gasteiger partial charge is 0.550 e. The van der Waals surface area contributed by atoms with Gasteiger partial charge in [0.05, 0.1) is 0 Å². The van der Waals surface area contributed by atoms with E-state index in [0.717, 1.165) is 44.3 Å². The van der Waals surface area contributed by atoms with E-state index in [1.54, 1.807) is 4.57 Å². The molecule has 0 aromatic carbocycles. The van der Waals surface area contributed by atoms with Crippen LogP contribution >= 0.6 is 0 Å². The summed E-state index contributed by atoms with van der Waals surface area (Å²) in [7, 11) is 0. The number of carboxylic acid groups (broad SMARTS) is 1. The first kappa shape index (κ1) is 28.1. The molecule has 0 aliphatic carbocycles. The Morgan fingerprint density at radius 1 is 0.931 bits per heavy atom. The summed E-state index contributed by atoms with van der Waals surface area (Å²) in [6.45, 7) is 2.65. The number of rotatable bonds is 18. The van der Waals surface area contributed by atoms with Crippen LogP contribution in [0.2, 0.25) is 0 Å². The van der Waals surface area contributed by atoms with Crippen molar-refractivity contribution in [3.63, 3.8) is 0 Å². The molecule has 0 bridgehead atoms. The van der Waals surface area contributed by atoms with Crippen LogP contribution in [0.4, 0.5) is 0 Å². The van der Waals surface area contributed by atoms with Crippen molar-refractivity contribution < 1.29 is 39.5 Å². The Morgan fingerprint density at radius 3 is 2.00 bits per heavy atom. The number of hydrogen-bond donors (Lipinski definition) is 1. The molecule has 1 aromatic heterocycles. The number of allylic oxidation sites excluding steroid dienone is 2. The third kappa shape index (κ3) is 14.7. The van der Waals surface area contributed by atoms with Gasteiger partial charge in [0.1, 0.15) is 5.82 Å². The molecular formula is C22H38N3NaO3. The van der Waals surface area contributed by atoms with E-state index < -0.39 is 5.97 Å². The van der Waals surface area contributed by atoms with Crippen LogP contribution in [0.3, 0.4) is 0 Å². The van der Waals surface area contributed by atoms with Gasteiger partial charge >= 0.3 is 35.2 Å². The number of carbonyl (C=O) groups is 1. The molecule has 160 valence electrons. The van der Waals surface area contributed by atoms with Crippen molar-refractivity contribution in [1.29, 1.82) is 0 Å². The monoisotopic (exact) mass is 415 g/mol. The molecule has 7 heteroatoms. The van der Waals surface area contributed by atoms with Crippen LogP contribution in [0.5, 0.6) is 0 Å². The Kier molecular flexibility index (Phi) is 18.6. The average molecular weight is 416 g/mol. The quantitative estimate of drug-likeness (QED) is 0.219. The fraction of sp³-hybridized carbons (Fsp3) is 0.773. The van der Waals surface area contributed by atoms with Gasteiger partial charge < -0.3 is 9.90 Å². The van der Waals surface area contributed by atoms with Gasteiger partial charge in [0.25, 0.3) is 0 Å². The number of carbonyl (C=O) groups excluding carboxylic acids is 1. The molecule has 29 heavy (non-hydrogen) atoms. The first-order valence-corrected chi connectivity index (χ1v) is 11.1. The number of carboxylic acids is 1. The van der Waals surface area contributed by atoms with Gasteiger partial charge in [-0.3, -0.25) is 4.57 Å². The van der Waals surface area contributed by atoms with E-state index in [2.05, 4.69) is 22.3 Å². The third-order valence-electron chi connectivity index (χ3n) is 5.09. The maximum Gasteiger partial charge on any atom is 1.00 e. The Bertz CT molecular complexity index is 611. The number of nitrogens with one attached hydrogen (secondary N) is 1. The Morgan fingerprint density at radius 2 is 1.45 bits per heavy atom. The molecule has 6 nitrogen and oxygen atoms in total. The van der Waals surface area contributed by atoms with Crippen molar-refractivity contribution in [1.82, 2.24) is 14.8 Å². The topological polar surface area (TPSA) is 90.8 Å². The molecule has 1 rings (SSSR count). The zero-order valence-corrected chi connectivity index (χ0v) is 20.6. The maximum atomic E-state index is 11.5. The second-order valence-electron chi connectivity index (χ2n) is 7.50. The molecule has 1 heterocycles. The van der Waals surface area contributed by atoms with Crippen LogP contribution in [-0.4, -0.2) is 20.7 Å². The van der Waals surface area contributed by atoms with Crippen LogP contribution in [-0.2, 0) is 17.8 Å². The summed E-state index contributed by atoms with van der Waals surface area (Å²) >= 11 is 0. The van der Waals surface area contributed by atoms with E-state index in [9.17, 15) is 14.7 Å². The minimum Gasteiger partial charge on any atom is -0.550 e. The van der Waals surface area contributed by atoms with Crippen molar-refractivity contribution in [3.8, 4) is 0 Å². The average Bonchev–Trinajstić information content (AvgIpc) is 3.03. The molecule has 0 unspecified atom stereocenters. The van der Waals surface area contributed by atoms with Gasteiger partial charge in [-0.1, -0.05) is 57.1 Å². The molecular weight excluding hydrogens is 377 g/mol. The van der Waals surface area contributed by atoms with Crippen LogP contribution in [0.1, 0.15) is 103 Å². The van der Waals surface area contributed by atoms with Gasteiger partial charge in [-0.05, 0) is 51.9 Å². The van der Waals surface area contributed by atoms with E-state index in [-0.39, 0.29) is 41.7 Å². The number of unbranched alkanes of at least 4 members (excludes halogenated alkanes) is 11.